The lowest BCUT2D eigenvalue weighted by molar-refractivity contribution is -0.274. The molecule has 34 heavy (non-hydrogen) atoms. The van der Waals surface area contributed by atoms with Gasteiger partial charge < -0.3 is 23.7 Å². The van der Waals surface area contributed by atoms with Gasteiger partial charge in [-0.1, -0.05) is 41.4 Å². The first-order valence-electron chi connectivity index (χ1n) is 9.65. The maximum Gasteiger partial charge on any atom is 0.573 e. The Morgan fingerprint density at radius 3 is 2.32 bits per heavy atom. The minimum absolute atomic E-state index is 0.130. The summed E-state index contributed by atoms with van der Waals surface area (Å²) in [6.45, 7) is -0.172. The minimum Gasteiger partial charge on any atom is -0.493 e. The third kappa shape index (κ3) is 5.84. The largest absolute Gasteiger partial charge is 0.573 e. The molecule has 3 rings (SSSR count). The van der Waals surface area contributed by atoms with Gasteiger partial charge in [0.2, 0.25) is 5.75 Å². The molecule has 0 radical (unpaired) electrons. The highest BCUT2D eigenvalue weighted by molar-refractivity contribution is 6.36. The predicted octanol–water partition coefficient (Wildman–Crippen LogP) is 6.21. The SMILES string of the molecule is COc1ccc(C(C=O)c2c(Cl)cncc2Cl)c(OCc2cccc(OC(F)(F)F)c2)c1OC. The number of rotatable bonds is 9. The number of hydrogen-bond acceptors (Lipinski definition) is 6. The van der Waals surface area contributed by atoms with E-state index in [1.165, 1.54) is 44.8 Å². The van der Waals surface area contributed by atoms with Gasteiger partial charge in [-0.25, -0.2) is 0 Å². The van der Waals surface area contributed by atoms with Crippen LogP contribution in [0.5, 0.6) is 23.0 Å². The van der Waals surface area contributed by atoms with Crippen molar-refractivity contribution < 1.29 is 36.9 Å². The summed E-state index contributed by atoms with van der Waals surface area (Å²) < 4.78 is 58.4. The zero-order chi connectivity index (χ0) is 24.9. The lowest BCUT2D eigenvalue weighted by Gasteiger charge is -2.22. The van der Waals surface area contributed by atoms with E-state index in [0.29, 0.717) is 28.7 Å². The maximum absolute atomic E-state index is 12.6. The van der Waals surface area contributed by atoms with Crippen LogP contribution in [0.2, 0.25) is 10.0 Å². The second-order valence-electron chi connectivity index (χ2n) is 6.83. The first-order valence-corrected chi connectivity index (χ1v) is 10.4. The standard InChI is InChI=1S/C23H18Cl2F3NO5/c1-31-19-7-6-15(16(11-30)20-17(24)9-29-10-18(20)25)21(22(19)32-2)33-12-13-4-3-5-14(8-13)34-23(26,27)28/h3-11,16H,12H2,1-2H3. The smallest absolute Gasteiger partial charge is 0.493 e. The zero-order valence-electron chi connectivity index (χ0n) is 17.9. The number of aromatic nitrogens is 1. The van der Waals surface area contributed by atoms with E-state index in [4.69, 9.17) is 37.4 Å². The van der Waals surface area contributed by atoms with Crippen LogP contribution in [-0.4, -0.2) is 31.9 Å². The summed E-state index contributed by atoms with van der Waals surface area (Å²) >= 11 is 12.5. The number of carbonyl (C=O) groups is 1. The van der Waals surface area contributed by atoms with Crippen LogP contribution in [0.25, 0.3) is 0 Å². The minimum atomic E-state index is -4.83. The fourth-order valence-electron chi connectivity index (χ4n) is 3.31. The molecular formula is C23H18Cl2F3NO5. The monoisotopic (exact) mass is 515 g/mol. The van der Waals surface area contributed by atoms with Gasteiger partial charge in [0.05, 0.1) is 30.2 Å². The molecule has 0 spiro atoms. The molecule has 0 saturated heterocycles. The highest BCUT2D eigenvalue weighted by Gasteiger charge is 2.31. The number of benzene rings is 2. The quantitative estimate of drug-likeness (QED) is 0.315. The molecule has 0 amide bonds. The van der Waals surface area contributed by atoms with Crippen LogP contribution in [0, 0.1) is 0 Å². The van der Waals surface area contributed by atoms with Crippen molar-refractivity contribution >= 4 is 29.5 Å². The average molecular weight is 516 g/mol. The third-order valence-electron chi connectivity index (χ3n) is 4.72. The Labute approximate surface area is 203 Å². The Bertz CT molecular complexity index is 1150. The molecule has 0 N–H and O–H groups in total. The first-order chi connectivity index (χ1) is 16.2. The number of carbonyl (C=O) groups excluding carboxylic acids is 1. The van der Waals surface area contributed by atoms with Crippen molar-refractivity contribution in [3.63, 3.8) is 0 Å². The molecule has 0 aliphatic heterocycles. The van der Waals surface area contributed by atoms with Crippen molar-refractivity contribution in [1.29, 1.82) is 0 Å². The third-order valence-corrected chi connectivity index (χ3v) is 5.32. The molecule has 11 heteroatoms. The normalized spacial score (nSPS) is 12.1. The van der Waals surface area contributed by atoms with E-state index in [0.717, 1.165) is 0 Å². The molecule has 0 bridgehead atoms. The summed E-state index contributed by atoms with van der Waals surface area (Å²) in [6, 6.07) is 8.49. The van der Waals surface area contributed by atoms with Gasteiger partial charge >= 0.3 is 6.36 Å². The van der Waals surface area contributed by atoms with Crippen molar-refractivity contribution in [1.82, 2.24) is 4.98 Å². The van der Waals surface area contributed by atoms with Gasteiger partial charge in [-0.2, -0.15) is 0 Å². The van der Waals surface area contributed by atoms with Crippen molar-refractivity contribution in [3.05, 3.63) is 75.5 Å². The molecule has 0 fully saturated rings. The second-order valence-corrected chi connectivity index (χ2v) is 7.65. The number of alkyl halides is 3. The van der Waals surface area contributed by atoms with Crippen LogP contribution >= 0.6 is 23.2 Å². The number of methoxy groups -OCH3 is 2. The number of hydrogen-bond donors (Lipinski definition) is 0. The Morgan fingerprint density at radius 1 is 1.03 bits per heavy atom. The van der Waals surface area contributed by atoms with Gasteiger partial charge in [-0.3, -0.25) is 4.98 Å². The van der Waals surface area contributed by atoms with Gasteiger partial charge in [0.15, 0.2) is 11.5 Å². The number of ether oxygens (including phenoxy) is 4. The summed E-state index contributed by atoms with van der Waals surface area (Å²) in [4.78, 5) is 16.1. The molecule has 0 saturated carbocycles. The summed E-state index contributed by atoms with van der Waals surface area (Å²) in [5.41, 5.74) is 1.04. The Morgan fingerprint density at radius 2 is 1.74 bits per heavy atom. The summed E-state index contributed by atoms with van der Waals surface area (Å²) in [6.07, 6.45) is -1.48. The highest BCUT2D eigenvalue weighted by Crippen LogP contribution is 2.46. The average Bonchev–Trinajstić information content (AvgIpc) is 2.78. The van der Waals surface area contributed by atoms with Gasteiger partial charge in [0.1, 0.15) is 18.6 Å². The molecule has 2 aromatic carbocycles. The van der Waals surface area contributed by atoms with Crippen molar-refractivity contribution in [3.8, 4) is 23.0 Å². The molecule has 1 aromatic heterocycles. The number of pyridine rings is 1. The van der Waals surface area contributed by atoms with Crippen LogP contribution < -0.4 is 18.9 Å². The fourth-order valence-corrected chi connectivity index (χ4v) is 3.91. The number of halogens is 5. The van der Waals surface area contributed by atoms with E-state index >= 15 is 0 Å². The van der Waals surface area contributed by atoms with E-state index in [-0.39, 0.29) is 28.2 Å². The topological polar surface area (TPSA) is 66.9 Å². The van der Waals surface area contributed by atoms with E-state index in [2.05, 4.69) is 9.72 Å². The zero-order valence-corrected chi connectivity index (χ0v) is 19.4. The van der Waals surface area contributed by atoms with E-state index in [9.17, 15) is 18.0 Å². The van der Waals surface area contributed by atoms with Crippen LogP contribution in [-0.2, 0) is 11.4 Å². The summed E-state index contributed by atoms with van der Waals surface area (Å²) in [5.74, 6) is -0.738. The number of nitrogens with zero attached hydrogens (tertiary/aromatic N) is 1. The van der Waals surface area contributed by atoms with Crippen LogP contribution in [0.4, 0.5) is 13.2 Å². The predicted molar refractivity (Wildman–Crippen MR) is 119 cm³/mol. The van der Waals surface area contributed by atoms with Crippen LogP contribution in [0.1, 0.15) is 22.6 Å². The van der Waals surface area contributed by atoms with E-state index in [1.54, 1.807) is 18.2 Å². The molecule has 0 aliphatic carbocycles. The first kappa shape index (κ1) is 25.5. The number of aldehydes is 1. The Kier molecular flexibility index (Phi) is 8.11. The van der Waals surface area contributed by atoms with E-state index in [1.807, 2.05) is 0 Å². The second kappa shape index (κ2) is 10.8. The molecule has 1 heterocycles. The van der Waals surface area contributed by atoms with Gasteiger partial charge in [0, 0.05) is 23.5 Å². The Hall–Kier alpha value is -3.17. The van der Waals surface area contributed by atoms with Gasteiger partial charge in [-0.05, 0) is 23.8 Å². The fraction of sp³-hybridized carbons (Fsp3) is 0.217. The molecule has 6 nitrogen and oxygen atoms in total. The summed E-state index contributed by atoms with van der Waals surface area (Å²) in [7, 11) is 2.81. The van der Waals surface area contributed by atoms with Crippen LogP contribution in [0.3, 0.4) is 0 Å². The summed E-state index contributed by atoms with van der Waals surface area (Å²) in [5, 5.41) is 0.338. The highest BCUT2D eigenvalue weighted by atomic mass is 35.5. The van der Waals surface area contributed by atoms with Crippen molar-refractivity contribution in [2.24, 2.45) is 0 Å². The van der Waals surface area contributed by atoms with Gasteiger partial charge in [-0.15, -0.1) is 13.2 Å². The molecule has 3 aromatic rings. The van der Waals surface area contributed by atoms with E-state index < -0.39 is 18.0 Å². The molecular weight excluding hydrogens is 498 g/mol. The van der Waals surface area contributed by atoms with Crippen molar-refractivity contribution in [2.75, 3.05) is 14.2 Å². The lowest BCUT2D eigenvalue weighted by atomic mass is 9.92. The lowest BCUT2D eigenvalue weighted by Crippen LogP contribution is -2.17. The molecule has 1 atom stereocenters. The van der Waals surface area contributed by atoms with Crippen LogP contribution in [0.15, 0.2) is 48.8 Å². The molecule has 1 unspecified atom stereocenters. The van der Waals surface area contributed by atoms with Crippen molar-refractivity contribution in [2.45, 2.75) is 18.9 Å². The molecule has 0 aliphatic rings. The maximum atomic E-state index is 12.6. The van der Waals surface area contributed by atoms with Gasteiger partial charge in [0.25, 0.3) is 0 Å². The molecule has 180 valence electrons. The Balaban J connectivity index is 2.04.